The maximum Gasteiger partial charge on any atom is 0.0786 e. The summed E-state index contributed by atoms with van der Waals surface area (Å²) in [4.78, 5) is 2.17. The van der Waals surface area contributed by atoms with Crippen molar-refractivity contribution in [2.75, 3.05) is 24.2 Å². The first-order valence-electron chi connectivity index (χ1n) is 5.34. The molecule has 0 radical (unpaired) electrons. The molecular formula is C12H17ClN2. The van der Waals surface area contributed by atoms with Crippen LogP contribution in [0.15, 0.2) is 18.2 Å². The van der Waals surface area contributed by atoms with Crippen LogP contribution in [0.5, 0.6) is 0 Å². The molecule has 0 aliphatic heterocycles. The Kier molecular flexibility index (Phi) is 2.79. The number of hydrogen-bond acceptors (Lipinski definition) is 2. The maximum absolute atomic E-state index is 6.14. The second-order valence-electron chi connectivity index (χ2n) is 4.53. The minimum Gasteiger partial charge on any atom is -0.397 e. The van der Waals surface area contributed by atoms with E-state index >= 15 is 0 Å². The fraction of sp³-hybridized carbons (Fsp3) is 0.500. The molecule has 82 valence electrons. The van der Waals surface area contributed by atoms with Gasteiger partial charge in [-0.15, -0.1) is 0 Å². The van der Waals surface area contributed by atoms with Gasteiger partial charge < -0.3 is 10.6 Å². The zero-order valence-corrected chi connectivity index (χ0v) is 9.96. The van der Waals surface area contributed by atoms with Gasteiger partial charge in [-0.05, 0) is 30.4 Å². The van der Waals surface area contributed by atoms with Gasteiger partial charge in [-0.2, -0.15) is 0 Å². The van der Waals surface area contributed by atoms with E-state index in [4.69, 9.17) is 17.3 Å². The molecule has 1 aromatic rings. The molecule has 2 unspecified atom stereocenters. The molecule has 0 spiro atoms. The lowest BCUT2D eigenvalue weighted by Crippen LogP contribution is -2.22. The second kappa shape index (κ2) is 3.93. The number of nitrogens with zero attached hydrogens (tertiary/aromatic N) is 1. The van der Waals surface area contributed by atoms with Crippen molar-refractivity contribution in [2.45, 2.75) is 13.3 Å². The fourth-order valence-electron chi connectivity index (χ4n) is 2.03. The molecule has 1 saturated carbocycles. The van der Waals surface area contributed by atoms with Gasteiger partial charge in [0.05, 0.1) is 16.4 Å². The van der Waals surface area contributed by atoms with Crippen molar-refractivity contribution in [2.24, 2.45) is 11.8 Å². The number of hydrogen-bond donors (Lipinski definition) is 1. The Morgan fingerprint density at radius 2 is 2.20 bits per heavy atom. The van der Waals surface area contributed by atoms with Crippen molar-refractivity contribution in [3.05, 3.63) is 23.2 Å². The van der Waals surface area contributed by atoms with Crippen LogP contribution in [0.25, 0.3) is 0 Å². The third-order valence-corrected chi connectivity index (χ3v) is 3.49. The van der Waals surface area contributed by atoms with Crippen LogP contribution in [-0.4, -0.2) is 13.6 Å². The summed E-state index contributed by atoms with van der Waals surface area (Å²) in [6.07, 6.45) is 1.33. The average Bonchev–Trinajstić information content (AvgIpc) is 2.81. The SMILES string of the molecule is CC1CC1CN(C)c1c(N)cccc1Cl. The molecule has 0 aromatic heterocycles. The smallest absolute Gasteiger partial charge is 0.0786 e. The monoisotopic (exact) mass is 224 g/mol. The van der Waals surface area contributed by atoms with Gasteiger partial charge in [0.1, 0.15) is 0 Å². The van der Waals surface area contributed by atoms with Crippen LogP contribution in [0.2, 0.25) is 5.02 Å². The molecule has 1 aliphatic carbocycles. The number of halogens is 1. The molecular weight excluding hydrogens is 208 g/mol. The molecule has 2 rings (SSSR count). The lowest BCUT2D eigenvalue weighted by molar-refractivity contribution is 0.726. The first-order valence-corrected chi connectivity index (χ1v) is 5.72. The Hall–Kier alpha value is -0.890. The highest BCUT2D eigenvalue weighted by atomic mass is 35.5. The van der Waals surface area contributed by atoms with E-state index in [-0.39, 0.29) is 0 Å². The van der Waals surface area contributed by atoms with Gasteiger partial charge in [0.25, 0.3) is 0 Å². The summed E-state index contributed by atoms with van der Waals surface area (Å²) in [5, 5.41) is 0.741. The summed E-state index contributed by atoms with van der Waals surface area (Å²) in [5.74, 6) is 1.67. The van der Waals surface area contributed by atoms with Gasteiger partial charge in [0, 0.05) is 13.6 Å². The van der Waals surface area contributed by atoms with Crippen molar-refractivity contribution >= 4 is 23.0 Å². The molecule has 1 aromatic carbocycles. The Morgan fingerprint density at radius 3 is 2.73 bits per heavy atom. The van der Waals surface area contributed by atoms with Gasteiger partial charge in [-0.3, -0.25) is 0 Å². The molecule has 1 fully saturated rings. The highest BCUT2D eigenvalue weighted by molar-refractivity contribution is 6.33. The number of anilines is 2. The largest absolute Gasteiger partial charge is 0.397 e. The van der Waals surface area contributed by atoms with Crippen LogP contribution in [0, 0.1) is 11.8 Å². The molecule has 1 aliphatic rings. The summed E-state index contributed by atoms with van der Waals surface area (Å²) in [5.41, 5.74) is 7.66. The van der Waals surface area contributed by atoms with Gasteiger partial charge in [0.15, 0.2) is 0 Å². The third kappa shape index (κ3) is 2.20. The summed E-state index contributed by atoms with van der Waals surface area (Å²) in [6.45, 7) is 3.34. The van der Waals surface area contributed by atoms with Gasteiger partial charge >= 0.3 is 0 Å². The van der Waals surface area contributed by atoms with Crippen LogP contribution >= 0.6 is 11.6 Å². The Morgan fingerprint density at radius 1 is 1.53 bits per heavy atom. The first-order chi connectivity index (χ1) is 7.09. The van der Waals surface area contributed by atoms with E-state index in [1.807, 2.05) is 18.2 Å². The predicted octanol–water partition coefficient (Wildman–Crippen LogP) is 3.01. The van der Waals surface area contributed by atoms with Crippen LogP contribution in [0.4, 0.5) is 11.4 Å². The van der Waals surface area contributed by atoms with Crippen molar-refractivity contribution in [3.63, 3.8) is 0 Å². The number of nitrogen functional groups attached to an aromatic ring is 1. The van der Waals surface area contributed by atoms with E-state index in [1.54, 1.807) is 0 Å². The number of rotatable bonds is 3. The molecule has 0 heterocycles. The van der Waals surface area contributed by atoms with Crippen molar-refractivity contribution in [1.29, 1.82) is 0 Å². The molecule has 0 bridgehead atoms. The molecule has 0 amide bonds. The zero-order valence-electron chi connectivity index (χ0n) is 9.20. The maximum atomic E-state index is 6.14. The fourth-order valence-corrected chi connectivity index (χ4v) is 2.36. The van der Waals surface area contributed by atoms with E-state index in [1.165, 1.54) is 6.42 Å². The predicted molar refractivity (Wildman–Crippen MR) is 66.4 cm³/mol. The third-order valence-electron chi connectivity index (χ3n) is 3.18. The van der Waals surface area contributed by atoms with Crippen LogP contribution in [0.1, 0.15) is 13.3 Å². The summed E-state index contributed by atoms with van der Waals surface area (Å²) in [7, 11) is 2.06. The van der Waals surface area contributed by atoms with Crippen LogP contribution in [-0.2, 0) is 0 Å². The first kappa shape index (κ1) is 10.6. The average molecular weight is 225 g/mol. The van der Waals surface area contributed by atoms with Gasteiger partial charge in [0.2, 0.25) is 0 Å². The summed E-state index contributed by atoms with van der Waals surface area (Å²) >= 11 is 6.14. The van der Waals surface area contributed by atoms with E-state index < -0.39 is 0 Å². The molecule has 2 nitrogen and oxygen atoms in total. The number of para-hydroxylation sites is 1. The summed E-state index contributed by atoms with van der Waals surface area (Å²) < 4.78 is 0. The summed E-state index contributed by atoms with van der Waals surface area (Å²) in [6, 6.07) is 5.67. The highest BCUT2D eigenvalue weighted by Gasteiger charge is 2.33. The second-order valence-corrected chi connectivity index (χ2v) is 4.94. The lowest BCUT2D eigenvalue weighted by atomic mass is 10.2. The normalized spacial score (nSPS) is 23.9. The minimum atomic E-state index is 0.741. The van der Waals surface area contributed by atoms with Gasteiger partial charge in [-0.1, -0.05) is 24.6 Å². The molecule has 15 heavy (non-hydrogen) atoms. The van der Waals surface area contributed by atoms with Crippen molar-refractivity contribution in [1.82, 2.24) is 0 Å². The standard InChI is InChI=1S/C12H17ClN2/c1-8-6-9(8)7-15(2)12-10(13)4-3-5-11(12)14/h3-5,8-9H,6-7,14H2,1-2H3. The number of benzene rings is 1. The molecule has 3 heteroatoms. The van der Waals surface area contributed by atoms with Crippen molar-refractivity contribution in [3.8, 4) is 0 Å². The van der Waals surface area contributed by atoms with Crippen LogP contribution in [0.3, 0.4) is 0 Å². The molecule has 2 N–H and O–H groups in total. The van der Waals surface area contributed by atoms with E-state index in [0.29, 0.717) is 0 Å². The number of nitrogens with two attached hydrogens (primary N) is 1. The Labute approximate surface area is 96.0 Å². The van der Waals surface area contributed by atoms with E-state index in [2.05, 4.69) is 18.9 Å². The molecule has 0 saturated heterocycles. The van der Waals surface area contributed by atoms with Crippen LogP contribution < -0.4 is 10.6 Å². The lowest BCUT2D eigenvalue weighted by Gasteiger charge is -2.22. The Balaban J connectivity index is 2.13. The molecule has 2 atom stereocenters. The minimum absolute atomic E-state index is 0.741. The topological polar surface area (TPSA) is 29.3 Å². The van der Waals surface area contributed by atoms with E-state index in [9.17, 15) is 0 Å². The quantitative estimate of drug-likeness (QED) is 0.800. The van der Waals surface area contributed by atoms with Gasteiger partial charge in [-0.25, -0.2) is 0 Å². The Bertz CT molecular complexity index is 344. The highest BCUT2D eigenvalue weighted by Crippen LogP contribution is 2.40. The van der Waals surface area contributed by atoms with Crippen molar-refractivity contribution < 1.29 is 0 Å². The zero-order chi connectivity index (χ0) is 11.0. The van der Waals surface area contributed by atoms with E-state index in [0.717, 1.165) is 34.8 Å².